The number of hydrogen-bond donors (Lipinski definition) is 0. The second-order valence-corrected chi connectivity index (χ2v) is 12.3. The Kier molecular flexibility index (Phi) is 45.5. The molecule has 2 aliphatic rings. The summed E-state index contributed by atoms with van der Waals surface area (Å²) in [5, 5.41) is 0. The first-order valence-electron chi connectivity index (χ1n) is 20.9. The zero-order valence-corrected chi connectivity index (χ0v) is 39.1. The van der Waals surface area contributed by atoms with Crippen molar-refractivity contribution in [3.05, 3.63) is 58.2 Å². The van der Waals surface area contributed by atoms with Gasteiger partial charge in [0, 0.05) is 26.1 Å². The molecule has 0 saturated carbocycles. The summed E-state index contributed by atoms with van der Waals surface area (Å²) in [7, 11) is 9.01. The number of ether oxygens (including phenoxy) is 7. The normalized spacial score (nSPS) is 14.7. The van der Waals surface area contributed by atoms with Crippen LogP contribution >= 0.6 is 0 Å². The molecule has 0 aromatic carbocycles. The molecule has 1 heterocycles. The van der Waals surface area contributed by atoms with E-state index in [1.54, 1.807) is 46.5 Å². The van der Waals surface area contributed by atoms with Crippen molar-refractivity contribution in [1.82, 2.24) is 9.80 Å². The van der Waals surface area contributed by atoms with Crippen LogP contribution in [0.5, 0.6) is 0 Å². The third kappa shape index (κ3) is 29.0. The third-order valence-corrected chi connectivity index (χ3v) is 8.09. The van der Waals surface area contributed by atoms with Crippen LogP contribution in [-0.4, -0.2) is 117 Å². The average Bonchev–Trinajstić information content (AvgIpc) is 3.58. The second-order valence-electron chi connectivity index (χ2n) is 12.3. The minimum atomic E-state index is -0.424. The van der Waals surface area contributed by atoms with Crippen molar-refractivity contribution in [2.24, 2.45) is 0 Å². The van der Waals surface area contributed by atoms with Gasteiger partial charge in [-0.1, -0.05) is 94.1 Å². The first-order chi connectivity index (χ1) is 27.0. The maximum Gasteiger partial charge on any atom is 0.337 e. The second kappa shape index (κ2) is 42.9. The third-order valence-electron chi connectivity index (χ3n) is 8.09. The summed E-state index contributed by atoms with van der Waals surface area (Å²) in [6.45, 7) is 31.0. The number of methoxy groups -OCH3 is 6. The van der Waals surface area contributed by atoms with Crippen LogP contribution in [-0.2, 0) is 42.7 Å². The summed E-state index contributed by atoms with van der Waals surface area (Å²) < 4.78 is 36.3. The first kappa shape index (κ1) is 59.4. The number of hydrogen-bond acceptors (Lipinski definition) is 11. The summed E-state index contributed by atoms with van der Waals surface area (Å²) in [5.41, 5.74) is 1.03. The van der Waals surface area contributed by atoms with Gasteiger partial charge in [0.2, 0.25) is 0 Å². The Balaban J connectivity index is -0.000000338. The van der Waals surface area contributed by atoms with Gasteiger partial charge in [0.25, 0.3) is 0 Å². The van der Waals surface area contributed by atoms with E-state index in [0.717, 1.165) is 12.8 Å². The summed E-state index contributed by atoms with van der Waals surface area (Å²) in [6, 6.07) is 0. The van der Waals surface area contributed by atoms with Gasteiger partial charge in [-0.3, -0.25) is 4.79 Å². The molecule has 0 aromatic heterocycles. The molecule has 0 amide bonds. The van der Waals surface area contributed by atoms with Gasteiger partial charge >= 0.3 is 5.97 Å². The van der Waals surface area contributed by atoms with E-state index in [1.807, 2.05) is 27.7 Å². The zero-order chi connectivity index (χ0) is 43.7. The van der Waals surface area contributed by atoms with Crippen LogP contribution < -0.4 is 0 Å². The number of carbonyl (C=O) groups excluding carboxylic acids is 2. The van der Waals surface area contributed by atoms with Crippen molar-refractivity contribution < 1.29 is 42.7 Å². The van der Waals surface area contributed by atoms with E-state index in [1.165, 1.54) is 99.6 Å². The van der Waals surface area contributed by atoms with Crippen molar-refractivity contribution in [3.63, 3.8) is 0 Å². The molecule has 56 heavy (non-hydrogen) atoms. The van der Waals surface area contributed by atoms with E-state index < -0.39 is 5.97 Å². The Bertz CT molecular complexity index is 1130. The van der Waals surface area contributed by atoms with Crippen molar-refractivity contribution in [2.45, 2.75) is 128 Å². The van der Waals surface area contributed by atoms with Gasteiger partial charge in [0.05, 0.1) is 48.2 Å². The molecule has 330 valence electrons. The zero-order valence-electron chi connectivity index (χ0n) is 39.1. The molecular weight excluding hydrogens is 713 g/mol. The lowest BCUT2D eigenvalue weighted by Gasteiger charge is -2.20. The number of esters is 1. The lowest BCUT2D eigenvalue weighted by molar-refractivity contribution is -0.135. The predicted molar refractivity (Wildman–Crippen MR) is 233 cm³/mol. The number of nitrogens with zero attached hydrogens (tertiary/aromatic N) is 2. The van der Waals surface area contributed by atoms with E-state index in [4.69, 9.17) is 28.4 Å². The highest BCUT2D eigenvalue weighted by atomic mass is 16.5. The Hall–Kier alpha value is -3.28. The number of ketones is 1. The Morgan fingerprint density at radius 1 is 0.732 bits per heavy atom. The molecule has 1 aliphatic carbocycles. The Labute approximate surface area is 344 Å². The lowest BCUT2D eigenvalue weighted by atomic mass is 10.2. The van der Waals surface area contributed by atoms with Gasteiger partial charge in [-0.05, 0) is 77.0 Å². The molecule has 1 fully saturated rings. The molecule has 2 rings (SSSR count). The van der Waals surface area contributed by atoms with Crippen LogP contribution in [0.1, 0.15) is 128 Å². The van der Waals surface area contributed by atoms with Gasteiger partial charge in [-0.15, -0.1) is 0 Å². The van der Waals surface area contributed by atoms with E-state index in [2.05, 4.69) is 49.2 Å². The summed E-state index contributed by atoms with van der Waals surface area (Å²) in [4.78, 5) is 27.9. The minimum absolute atomic E-state index is 0.00821. The van der Waals surface area contributed by atoms with Gasteiger partial charge < -0.3 is 43.0 Å². The maximum absolute atomic E-state index is 11.5. The van der Waals surface area contributed by atoms with Crippen LogP contribution in [0, 0.1) is 0 Å². The van der Waals surface area contributed by atoms with E-state index >= 15 is 0 Å². The smallest absolute Gasteiger partial charge is 0.337 e. The number of unbranched alkanes of at least 4 members (excludes halogenated alkanes) is 3. The number of Topliss-reactive ketones (excluding diaryl/α,β-unsaturated/α-hetero) is 1. The molecule has 0 unspecified atom stereocenters. The molecule has 1 aliphatic heterocycles. The largest absolute Gasteiger partial charge is 0.497 e. The number of rotatable bonds is 18. The van der Waals surface area contributed by atoms with Gasteiger partial charge in [-0.2, -0.15) is 0 Å². The first-order valence-corrected chi connectivity index (χ1v) is 20.9. The highest BCUT2D eigenvalue weighted by molar-refractivity contribution is 5.93. The van der Waals surface area contributed by atoms with Gasteiger partial charge in [-0.25, -0.2) is 4.79 Å². The Morgan fingerprint density at radius 3 is 1.79 bits per heavy atom. The molecule has 0 spiro atoms. The number of allylic oxidation sites excluding steroid dienone is 3. The van der Waals surface area contributed by atoms with Crippen molar-refractivity contribution >= 4 is 11.8 Å². The van der Waals surface area contributed by atoms with E-state index in [9.17, 15) is 9.59 Å². The predicted octanol–water partition coefficient (Wildman–Crippen LogP) is 10.0. The highest BCUT2D eigenvalue weighted by Crippen LogP contribution is 2.26. The Morgan fingerprint density at radius 2 is 1.32 bits per heavy atom. The van der Waals surface area contributed by atoms with E-state index in [-0.39, 0.29) is 5.78 Å². The molecular formula is C45H86N2O9. The SMILES string of the molecule is CC.CC.CCC.CCCCCOC/C(OC)=C(\C=C(/C)C(C)=O)OC.CCCCN1CCCN(CC)CC1.COC(=O)C1=CCC(OC)=C(OC)C(OC)=C1. The summed E-state index contributed by atoms with van der Waals surface area (Å²) in [5.74, 6) is 2.22. The summed E-state index contributed by atoms with van der Waals surface area (Å²) >= 11 is 0. The fourth-order valence-electron chi connectivity index (χ4n) is 4.85. The maximum atomic E-state index is 11.5. The van der Waals surface area contributed by atoms with Crippen molar-refractivity contribution in [3.8, 4) is 0 Å². The lowest BCUT2D eigenvalue weighted by Crippen LogP contribution is -2.31. The standard InChI is InChI=1S/C15H26O4.C12H16O5.C11H24N2.C3H8.2C2H6/c1-6-7-8-9-19-11-15(18-5)14(17-4)10-12(2)13(3)16;1-14-9-6-5-8(12(13)17-4)7-10(15-2)11(9)16-3;1-3-5-7-13-9-6-8-12(4-2)10-11-13;1-3-2;2*1-2/h10H,6-9,11H2,1-5H3;5,7H,6H2,1-4H3;3-11H2,1-2H3;3H2,1-2H3;2*1-2H3/b12-10+,15-14-;;;;;. The average molecular weight is 799 g/mol. The van der Waals surface area contributed by atoms with Crippen LogP contribution in [0.15, 0.2) is 58.2 Å². The van der Waals surface area contributed by atoms with Crippen LogP contribution in [0.2, 0.25) is 0 Å². The highest BCUT2D eigenvalue weighted by Gasteiger charge is 2.20. The van der Waals surface area contributed by atoms with Gasteiger partial charge in [0.15, 0.2) is 28.8 Å². The van der Waals surface area contributed by atoms with E-state index in [0.29, 0.717) is 59.6 Å². The molecule has 11 nitrogen and oxygen atoms in total. The van der Waals surface area contributed by atoms with Crippen molar-refractivity contribution in [1.29, 1.82) is 0 Å². The van der Waals surface area contributed by atoms with Crippen molar-refractivity contribution in [2.75, 3.05) is 95.1 Å². The molecule has 0 N–H and O–H groups in total. The van der Waals surface area contributed by atoms with Crippen LogP contribution in [0.3, 0.4) is 0 Å². The molecule has 0 bridgehead atoms. The summed E-state index contributed by atoms with van der Waals surface area (Å²) in [6.07, 6.45) is 14.1. The fraction of sp³-hybridized carbons (Fsp3) is 0.733. The quantitative estimate of drug-likeness (QED) is 0.0435. The van der Waals surface area contributed by atoms with Crippen LogP contribution in [0.4, 0.5) is 0 Å². The molecule has 0 radical (unpaired) electrons. The molecule has 1 saturated heterocycles. The fourth-order valence-corrected chi connectivity index (χ4v) is 4.85. The molecule has 0 atom stereocenters. The monoisotopic (exact) mass is 799 g/mol. The molecule has 11 heteroatoms. The van der Waals surface area contributed by atoms with Crippen LogP contribution in [0.25, 0.3) is 0 Å². The van der Waals surface area contributed by atoms with Gasteiger partial charge in [0.1, 0.15) is 12.4 Å². The topological polar surface area (TPSA) is 105 Å². The number of likely N-dealkylation sites (N-methyl/N-ethyl adjacent to an activating group) is 1. The molecule has 0 aromatic rings. The minimum Gasteiger partial charge on any atom is -0.497 e. The number of carbonyl (C=O) groups is 2.